The molecular weight excluding hydrogens is 383 g/mol. The van der Waals surface area contributed by atoms with Crippen LogP contribution in [0.1, 0.15) is 31.4 Å². The third kappa shape index (κ3) is 6.51. The van der Waals surface area contributed by atoms with Crippen LogP contribution in [0.25, 0.3) is 0 Å². The van der Waals surface area contributed by atoms with Crippen molar-refractivity contribution in [2.24, 2.45) is 11.8 Å². The molecule has 1 N–H and O–H groups in total. The van der Waals surface area contributed by atoms with Crippen LogP contribution in [0.3, 0.4) is 0 Å². The molecule has 1 aromatic carbocycles. The van der Waals surface area contributed by atoms with Crippen molar-refractivity contribution >= 4 is 11.8 Å². The van der Waals surface area contributed by atoms with Gasteiger partial charge >= 0.3 is 0 Å². The Morgan fingerprint density at radius 3 is 2.23 bits per heavy atom. The molecule has 2 fully saturated rings. The van der Waals surface area contributed by atoms with Crippen LogP contribution in [0.5, 0.6) is 0 Å². The van der Waals surface area contributed by atoms with Gasteiger partial charge in [0.1, 0.15) is 5.82 Å². The van der Waals surface area contributed by atoms with E-state index < -0.39 is 0 Å². The molecule has 0 aromatic heterocycles. The van der Waals surface area contributed by atoms with Crippen molar-refractivity contribution in [2.45, 2.75) is 33.7 Å². The summed E-state index contributed by atoms with van der Waals surface area (Å²) in [7, 11) is 0. The molecule has 7 heteroatoms. The molecule has 0 radical (unpaired) electrons. The molecule has 2 saturated heterocycles. The highest BCUT2D eigenvalue weighted by atomic mass is 19.1. The van der Waals surface area contributed by atoms with E-state index in [1.807, 2.05) is 11.0 Å². The summed E-state index contributed by atoms with van der Waals surface area (Å²) in [6.45, 7) is 12.2. The van der Waals surface area contributed by atoms with E-state index in [1.165, 1.54) is 12.5 Å². The summed E-state index contributed by atoms with van der Waals surface area (Å²) in [5.74, 6) is 1.07. The number of benzene rings is 1. The first-order valence-electron chi connectivity index (χ1n) is 11.0. The number of piperazine rings is 1. The Hall–Kier alpha value is -1.99. The molecule has 0 unspecified atom stereocenters. The highest BCUT2D eigenvalue weighted by molar-refractivity contribution is 5.79. The molecule has 1 aromatic rings. The SMILES string of the molecule is Cc1ccc(CNC(=O)CN2CCN(CC(=O)N3C[C@H](C)C[C@H](C)C3)CC2)cc1F. The van der Waals surface area contributed by atoms with Gasteiger partial charge in [-0.05, 0) is 42.4 Å². The van der Waals surface area contributed by atoms with Crippen molar-refractivity contribution in [1.82, 2.24) is 20.0 Å². The summed E-state index contributed by atoms with van der Waals surface area (Å²) in [6, 6.07) is 5.02. The molecule has 0 bridgehead atoms. The van der Waals surface area contributed by atoms with E-state index in [9.17, 15) is 14.0 Å². The second-order valence-electron chi connectivity index (χ2n) is 9.16. The monoisotopic (exact) mass is 418 g/mol. The quantitative estimate of drug-likeness (QED) is 0.766. The molecule has 30 heavy (non-hydrogen) atoms. The number of amides is 2. The normalized spacial score (nSPS) is 23.4. The maximum atomic E-state index is 13.6. The van der Waals surface area contributed by atoms with Crippen LogP contribution in [-0.2, 0) is 16.1 Å². The topological polar surface area (TPSA) is 55.9 Å². The summed E-state index contributed by atoms with van der Waals surface area (Å²) in [4.78, 5) is 31.2. The van der Waals surface area contributed by atoms with Crippen molar-refractivity contribution in [1.29, 1.82) is 0 Å². The smallest absolute Gasteiger partial charge is 0.236 e. The Balaban J connectivity index is 1.36. The minimum Gasteiger partial charge on any atom is -0.351 e. The lowest BCUT2D eigenvalue weighted by atomic mass is 9.92. The zero-order valence-electron chi connectivity index (χ0n) is 18.5. The van der Waals surface area contributed by atoms with E-state index in [1.54, 1.807) is 13.0 Å². The summed E-state index contributed by atoms with van der Waals surface area (Å²) >= 11 is 0. The molecule has 0 aliphatic carbocycles. The maximum absolute atomic E-state index is 13.6. The van der Waals surface area contributed by atoms with E-state index in [2.05, 4.69) is 29.0 Å². The zero-order valence-corrected chi connectivity index (χ0v) is 18.5. The Kier molecular flexibility index (Phi) is 7.83. The molecule has 166 valence electrons. The van der Waals surface area contributed by atoms with E-state index in [-0.39, 0.29) is 17.6 Å². The Morgan fingerprint density at radius 1 is 1.03 bits per heavy atom. The fourth-order valence-corrected chi connectivity index (χ4v) is 4.47. The molecule has 2 amide bonds. The number of aryl methyl sites for hydroxylation is 1. The molecule has 2 atom stereocenters. The van der Waals surface area contributed by atoms with Gasteiger partial charge in [-0.15, -0.1) is 0 Å². The van der Waals surface area contributed by atoms with Gasteiger partial charge in [0.05, 0.1) is 13.1 Å². The molecule has 6 nitrogen and oxygen atoms in total. The number of hydrogen-bond acceptors (Lipinski definition) is 4. The van der Waals surface area contributed by atoms with Crippen LogP contribution in [-0.4, -0.2) is 78.9 Å². The second-order valence-corrected chi connectivity index (χ2v) is 9.16. The first-order valence-corrected chi connectivity index (χ1v) is 11.0. The Morgan fingerprint density at radius 2 is 1.63 bits per heavy atom. The van der Waals surface area contributed by atoms with Crippen LogP contribution >= 0.6 is 0 Å². The standard InChI is InChI=1S/C23H35FN4O2/c1-17-10-18(2)14-28(13-17)23(30)16-27-8-6-26(7-9-27)15-22(29)25-12-20-5-4-19(3)21(24)11-20/h4-5,11,17-18H,6-10,12-16H2,1-3H3,(H,25,29)/t17-,18+. The van der Waals surface area contributed by atoms with Crippen LogP contribution in [0.15, 0.2) is 18.2 Å². The number of nitrogens with zero attached hydrogens (tertiary/aromatic N) is 3. The molecule has 0 spiro atoms. The van der Waals surface area contributed by atoms with Crippen molar-refractivity contribution in [3.05, 3.63) is 35.1 Å². The van der Waals surface area contributed by atoms with E-state index >= 15 is 0 Å². The second kappa shape index (κ2) is 10.4. The predicted molar refractivity (Wildman–Crippen MR) is 115 cm³/mol. The summed E-state index contributed by atoms with van der Waals surface area (Å²) < 4.78 is 13.6. The fraction of sp³-hybridized carbons (Fsp3) is 0.652. The van der Waals surface area contributed by atoms with Crippen molar-refractivity contribution in [2.75, 3.05) is 52.4 Å². The van der Waals surface area contributed by atoms with Crippen LogP contribution in [0.4, 0.5) is 4.39 Å². The maximum Gasteiger partial charge on any atom is 0.236 e. The van der Waals surface area contributed by atoms with E-state index in [0.29, 0.717) is 37.0 Å². The number of piperidine rings is 1. The minimum atomic E-state index is -0.249. The molecular formula is C23H35FN4O2. The Labute approximate surface area is 179 Å². The lowest BCUT2D eigenvalue weighted by molar-refractivity contribution is -0.135. The Bertz CT molecular complexity index is 739. The molecule has 3 rings (SSSR count). The average molecular weight is 419 g/mol. The van der Waals surface area contributed by atoms with Gasteiger partial charge in [0.15, 0.2) is 0 Å². The number of halogens is 1. The summed E-state index contributed by atoms with van der Waals surface area (Å²) in [5.41, 5.74) is 1.36. The van der Waals surface area contributed by atoms with Gasteiger partial charge in [0.25, 0.3) is 0 Å². The molecule has 0 saturated carbocycles. The van der Waals surface area contributed by atoms with Crippen molar-refractivity contribution in [3.63, 3.8) is 0 Å². The van der Waals surface area contributed by atoms with Gasteiger partial charge in [0.2, 0.25) is 11.8 Å². The first kappa shape index (κ1) is 22.7. The highest BCUT2D eigenvalue weighted by Crippen LogP contribution is 2.21. The number of likely N-dealkylation sites (tertiary alicyclic amines) is 1. The van der Waals surface area contributed by atoms with Gasteiger partial charge in [-0.3, -0.25) is 19.4 Å². The van der Waals surface area contributed by atoms with Crippen molar-refractivity contribution in [3.8, 4) is 0 Å². The van der Waals surface area contributed by atoms with Crippen LogP contribution < -0.4 is 5.32 Å². The van der Waals surface area contributed by atoms with Gasteiger partial charge < -0.3 is 10.2 Å². The third-order valence-corrected chi connectivity index (χ3v) is 6.14. The minimum absolute atomic E-state index is 0.0585. The first-order chi connectivity index (χ1) is 14.3. The van der Waals surface area contributed by atoms with Gasteiger partial charge in [-0.2, -0.15) is 0 Å². The molecule has 2 aliphatic heterocycles. The average Bonchev–Trinajstić information content (AvgIpc) is 2.69. The largest absolute Gasteiger partial charge is 0.351 e. The lowest BCUT2D eigenvalue weighted by Crippen LogP contribution is -2.53. The summed E-state index contributed by atoms with van der Waals surface area (Å²) in [6.07, 6.45) is 1.20. The molecule has 2 heterocycles. The predicted octanol–water partition coefficient (Wildman–Crippen LogP) is 1.87. The van der Waals surface area contributed by atoms with Gasteiger partial charge in [-0.1, -0.05) is 26.0 Å². The third-order valence-electron chi connectivity index (χ3n) is 6.14. The van der Waals surface area contributed by atoms with Crippen molar-refractivity contribution < 1.29 is 14.0 Å². The fourth-order valence-electron chi connectivity index (χ4n) is 4.47. The van der Waals surface area contributed by atoms with E-state index in [4.69, 9.17) is 0 Å². The van der Waals surface area contributed by atoms with E-state index in [0.717, 1.165) is 44.8 Å². The highest BCUT2D eigenvalue weighted by Gasteiger charge is 2.27. The van der Waals surface area contributed by atoms with Gasteiger partial charge in [0, 0.05) is 45.8 Å². The number of rotatable bonds is 6. The zero-order chi connectivity index (χ0) is 21.7. The van der Waals surface area contributed by atoms with Crippen LogP contribution in [0, 0.1) is 24.6 Å². The number of hydrogen-bond donors (Lipinski definition) is 1. The van der Waals surface area contributed by atoms with Crippen LogP contribution in [0.2, 0.25) is 0 Å². The van der Waals surface area contributed by atoms with Gasteiger partial charge in [-0.25, -0.2) is 4.39 Å². The number of carbonyl (C=O) groups excluding carboxylic acids is 2. The lowest BCUT2D eigenvalue weighted by Gasteiger charge is -2.38. The number of nitrogens with one attached hydrogen (secondary N) is 1. The number of carbonyl (C=O) groups is 2. The molecule has 2 aliphatic rings. The summed E-state index contributed by atoms with van der Waals surface area (Å²) in [5, 5.41) is 2.87.